The minimum Gasteiger partial charge on any atom is -0.508 e. The van der Waals surface area contributed by atoms with Crippen LogP contribution in [-0.2, 0) is 11.0 Å². The van der Waals surface area contributed by atoms with Gasteiger partial charge in [-0.25, -0.2) is 4.57 Å². The molecule has 0 radical (unpaired) electrons. The molecule has 0 fully saturated rings. The Bertz CT molecular complexity index is 756. The van der Waals surface area contributed by atoms with Crippen LogP contribution in [-0.4, -0.2) is 25.1 Å². The van der Waals surface area contributed by atoms with E-state index >= 15 is 0 Å². The van der Waals surface area contributed by atoms with E-state index in [9.17, 15) is 29.7 Å². The van der Waals surface area contributed by atoms with Gasteiger partial charge in [-0.1, -0.05) is 19.1 Å². The number of phenolic OH excluding ortho intramolecular Hbond substituents is 3. The smallest absolute Gasteiger partial charge is 0.388 e. The van der Waals surface area contributed by atoms with Crippen LogP contribution in [0.4, 0.5) is 0 Å². The highest BCUT2D eigenvalue weighted by atomic mass is 32.7. The van der Waals surface area contributed by atoms with E-state index in [0.717, 1.165) is 18.1 Å². The molecule has 24 heavy (non-hydrogen) atoms. The first-order chi connectivity index (χ1) is 11.2. The van der Waals surface area contributed by atoms with Crippen molar-refractivity contribution in [3.63, 3.8) is 0 Å². The van der Waals surface area contributed by atoms with E-state index in [-0.39, 0.29) is 28.1 Å². The minimum absolute atomic E-state index is 0.0165. The maximum atomic E-state index is 11.3. The van der Waals surface area contributed by atoms with Crippen molar-refractivity contribution in [3.8, 4) is 17.2 Å². The summed E-state index contributed by atoms with van der Waals surface area (Å²) < 4.78 is 11.3. The lowest BCUT2D eigenvalue weighted by Gasteiger charge is -2.19. The van der Waals surface area contributed by atoms with Gasteiger partial charge >= 0.3 is 6.80 Å². The van der Waals surface area contributed by atoms with Gasteiger partial charge in [0.25, 0.3) is 0 Å². The Kier molecular flexibility index (Phi) is 5.83. The van der Waals surface area contributed by atoms with Crippen molar-refractivity contribution in [2.75, 3.05) is 0 Å². The highest BCUT2D eigenvalue weighted by Gasteiger charge is 2.23. The third-order valence-corrected chi connectivity index (χ3v) is 5.80. The van der Waals surface area contributed by atoms with E-state index in [0.29, 0.717) is 23.4 Å². The first kappa shape index (κ1) is 18.7. The van der Waals surface area contributed by atoms with Gasteiger partial charge < -0.3 is 25.1 Å². The number of hydrogen-bond acceptors (Lipinski definition) is 5. The van der Waals surface area contributed by atoms with Gasteiger partial charge in [-0.15, -0.1) is 0 Å². The highest BCUT2D eigenvalue weighted by Crippen LogP contribution is 2.57. The van der Waals surface area contributed by atoms with E-state index in [1.54, 1.807) is 24.3 Å². The third kappa shape index (κ3) is 4.92. The number of hydrogen-bond donors (Lipinski definition) is 5. The lowest BCUT2D eigenvalue weighted by molar-refractivity contribution is 0.397. The van der Waals surface area contributed by atoms with Crippen LogP contribution in [0.15, 0.2) is 41.3 Å². The molecule has 1 unspecified atom stereocenters. The van der Waals surface area contributed by atoms with E-state index in [2.05, 4.69) is 0 Å². The second-order valence-corrected chi connectivity index (χ2v) is 9.00. The van der Waals surface area contributed by atoms with Crippen molar-refractivity contribution < 1.29 is 29.7 Å². The molecule has 0 aliphatic carbocycles. The SMILES string of the molecule is CCC(Cc1c(O)cc(O)cc1SP(=O)(O)O)c1ccc(O)cc1. The van der Waals surface area contributed by atoms with Gasteiger partial charge in [0.05, 0.1) is 0 Å². The van der Waals surface area contributed by atoms with Gasteiger partial charge in [0.15, 0.2) is 0 Å². The first-order valence-electron chi connectivity index (χ1n) is 7.28. The molecule has 8 heteroatoms. The van der Waals surface area contributed by atoms with Crippen LogP contribution in [0.3, 0.4) is 0 Å². The summed E-state index contributed by atoms with van der Waals surface area (Å²) in [5.41, 5.74) is 1.32. The van der Waals surface area contributed by atoms with Gasteiger partial charge in [-0.05, 0) is 53.9 Å². The van der Waals surface area contributed by atoms with Crippen LogP contribution in [0.1, 0.15) is 30.4 Å². The molecule has 0 spiro atoms. The Morgan fingerprint density at radius 2 is 1.67 bits per heavy atom. The maximum absolute atomic E-state index is 11.3. The molecule has 0 aliphatic heterocycles. The van der Waals surface area contributed by atoms with Crippen molar-refractivity contribution in [1.29, 1.82) is 0 Å². The van der Waals surface area contributed by atoms with Gasteiger partial charge in [0.1, 0.15) is 17.2 Å². The predicted octanol–water partition coefficient (Wildman–Crippen LogP) is 3.72. The van der Waals surface area contributed by atoms with Gasteiger partial charge in [-0.2, -0.15) is 0 Å². The normalized spacial score (nSPS) is 13.0. The van der Waals surface area contributed by atoms with Gasteiger partial charge in [0, 0.05) is 16.5 Å². The summed E-state index contributed by atoms with van der Waals surface area (Å²) in [6.45, 7) is -2.46. The molecule has 130 valence electrons. The molecule has 2 aromatic rings. The molecule has 0 heterocycles. The zero-order chi connectivity index (χ0) is 17.9. The molecule has 0 saturated heterocycles. The minimum atomic E-state index is -4.42. The Labute approximate surface area is 143 Å². The molecule has 1 atom stereocenters. The summed E-state index contributed by atoms with van der Waals surface area (Å²) in [5, 5.41) is 29.1. The summed E-state index contributed by atoms with van der Waals surface area (Å²) >= 11 is 0.312. The zero-order valence-corrected chi connectivity index (χ0v) is 14.7. The average Bonchev–Trinajstić information content (AvgIpc) is 2.46. The monoisotopic (exact) mass is 370 g/mol. The van der Waals surface area contributed by atoms with Crippen LogP contribution in [0.5, 0.6) is 17.2 Å². The van der Waals surface area contributed by atoms with Crippen LogP contribution >= 0.6 is 18.2 Å². The number of aromatic hydroxyl groups is 3. The molecule has 0 aliphatic rings. The summed E-state index contributed by atoms with van der Waals surface area (Å²) in [6, 6.07) is 9.08. The van der Waals surface area contributed by atoms with Crippen molar-refractivity contribution in [2.45, 2.75) is 30.6 Å². The van der Waals surface area contributed by atoms with Crippen LogP contribution in [0, 0.1) is 0 Å². The lowest BCUT2D eigenvalue weighted by atomic mass is 9.89. The molecular weight excluding hydrogens is 351 g/mol. The Morgan fingerprint density at radius 1 is 1.04 bits per heavy atom. The standard InChI is InChI=1S/C16H19O6PS/c1-2-10(11-3-5-12(17)6-4-11)7-14-15(19)8-13(18)9-16(14)24-23(20,21)22/h3-6,8-10,17-19H,2,7H2,1H3,(H2,20,21,22). The fourth-order valence-electron chi connectivity index (χ4n) is 2.52. The lowest BCUT2D eigenvalue weighted by Crippen LogP contribution is -2.03. The summed E-state index contributed by atoms with van der Waals surface area (Å²) in [6.07, 6.45) is 1.07. The van der Waals surface area contributed by atoms with E-state index in [4.69, 9.17) is 0 Å². The van der Waals surface area contributed by atoms with Crippen LogP contribution in [0.2, 0.25) is 0 Å². The van der Waals surface area contributed by atoms with Gasteiger partial charge in [0.2, 0.25) is 0 Å². The van der Waals surface area contributed by atoms with Crippen LogP contribution in [0.25, 0.3) is 0 Å². The topological polar surface area (TPSA) is 118 Å². The maximum Gasteiger partial charge on any atom is 0.388 e. The molecular formula is C16H19O6PS. The Morgan fingerprint density at radius 3 is 2.21 bits per heavy atom. The molecule has 2 aromatic carbocycles. The summed E-state index contributed by atoms with van der Waals surface area (Å²) in [4.78, 5) is 18.5. The van der Waals surface area contributed by atoms with E-state index < -0.39 is 6.80 Å². The molecule has 0 bridgehead atoms. The largest absolute Gasteiger partial charge is 0.508 e. The van der Waals surface area contributed by atoms with Crippen molar-refractivity contribution in [1.82, 2.24) is 0 Å². The Hall–Kier alpha value is -1.66. The number of benzene rings is 2. The van der Waals surface area contributed by atoms with Crippen molar-refractivity contribution in [3.05, 3.63) is 47.5 Å². The summed E-state index contributed by atoms with van der Waals surface area (Å²) in [7, 11) is 0. The second-order valence-electron chi connectivity index (χ2n) is 5.42. The number of phenols is 3. The van der Waals surface area contributed by atoms with E-state index in [1.165, 1.54) is 6.07 Å². The molecule has 0 aromatic heterocycles. The zero-order valence-electron chi connectivity index (χ0n) is 13.0. The quantitative estimate of drug-likeness (QED) is 0.492. The molecule has 0 saturated carbocycles. The highest BCUT2D eigenvalue weighted by molar-refractivity contribution is 8.54. The molecule has 2 rings (SSSR count). The molecule has 5 N–H and O–H groups in total. The molecule has 6 nitrogen and oxygen atoms in total. The summed E-state index contributed by atoms with van der Waals surface area (Å²) in [5.74, 6) is -0.330. The third-order valence-electron chi connectivity index (χ3n) is 3.70. The van der Waals surface area contributed by atoms with E-state index in [1.807, 2.05) is 6.92 Å². The van der Waals surface area contributed by atoms with Crippen LogP contribution < -0.4 is 0 Å². The Balaban J connectivity index is 2.39. The number of rotatable bonds is 6. The fourth-order valence-corrected chi connectivity index (χ4v) is 4.51. The van der Waals surface area contributed by atoms with Crippen molar-refractivity contribution >= 4 is 18.2 Å². The first-order valence-corrected chi connectivity index (χ1v) is 10.3. The average molecular weight is 370 g/mol. The fraction of sp³-hybridized carbons (Fsp3) is 0.250. The second kappa shape index (κ2) is 7.49. The van der Waals surface area contributed by atoms with Crippen molar-refractivity contribution in [2.24, 2.45) is 0 Å². The molecule has 0 amide bonds. The van der Waals surface area contributed by atoms with Gasteiger partial charge in [-0.3, -0.25) is 0 Å². The predicted molar refractivity (Wildman–Crippen MR) is 92.5 cm³/mol.